The van der Waals surface area contributed by atoms with E-state index in [1.807, 2.05) is 4.90 Å². The number of pyridine rings is 1. The number of hydrogen-bond donors (Lipinski definition) is 1. The van der Waals surface area contributed by atoms with Crippen molar-refractivity contribution in [3.8, 4) is 17.6 Å². The van der Waals surface area contributed by atoms with Crippen LogP contribution in [0.2, 0.25) is 0 Å². The number of likely N-dealkylation sites (tertiary alicyclic amines) is 1. The lowest BCUT2D eigenvalue weighted by atomic mass is 9.79. The van der Waals surface area contributed by atoms with Gasteiger partial charge in [-0.3, -0.25) is 14.7 Å². The molecule has 1 fully saturated rings. The van der Waals surface area contributed by atoms with Crippen LogP contribution in [0.1, 0.15) is 60.5 Å². The molecule has 0 bridgehead atoms. The van der Waals surface area contributed by atoms with Crippen molar-refractivity contribution in [3.63, 3.8) is 0 Å². The van der Waals surface area contributed by atoms with Crippen molar-refractivity contribution in [3.05, 3.63) is 70.9 Å². The summed E-state index contributed by atoms with van der Waals surface area (Å²) in [6, 6.07) is 8.10. The van der Waals surface area contributed by atoms with Crippen molar-refractivity contribution < 1.29 is 45.4 Å². The van der Waals surface area contributed by atoms with Crippen LogP contribution in [0, 0.1) is 23.7 Å². The molecule has 1 aliphatic rings. The topological polar surface area (TPSA) is 62.7 Å². The molecule has 1 N–H and O–H groups in total. The first kappa shape index (κ1) is 33.1. The predicted octanol–water partition coefficient (Wildman–Crippen LogP) is 7.93. The van der Waals surface area contributed by atoms with E-state index in [-0.39, 0.29) is 37.3 Å². The van der Waals surface area contributed by atoms with Crippen LogP contribution in [0.25, 0.3) is 10.9 Å². The van der Waals surface area contributed by atoms with E-state index in [1.54, 1.807) is 30.5 Å². The Labute approximate surface area is 250 Å². The van der Waals surface area contributed by atoms with Crippen LogP contribution in [-0.4, -0.2) is 47.7 Å². The van der Waals surface area contributed by atoms with Gasteiger partial charge >= 0.3 is 18.3 Å². The molecular formula is C32H31F7N2O3. The number of ether oxygens (including phenoxy) is 1. The van der Waals surface area contributed by atoms with Gasteiger partial charge in [0.05, 0.1) is 30.3 Å². The maximum Gasteiger partial charge on any atom is 0.416 e. The first-order valence-corrected chi connectivity index (χ1v) is 14.0. The van der Waals surface area contributed by atoms with Crippen LogP contribution in [0.4, 0.5) is 30.7 Å². The number of methoxy groups -OCH3 is 1. The molecule has 1 aromatic heterocycles. The Morgan fingerprint density at radius 3 is 2.39 bits per heavy atom. The maximum absolute atomic E-state index is 15.6. The second-order valence-corrected chi connectivity index (χ2v) is 10.9. The summed E-state index contributed by atoms with van der Waals surface area (Å²) in [6.45, 7) is 1.02. The summed E-state index contributed by atoms with van der Waals surface area (Å²) in [7, 11) is 1.52. The van der Waals surface area contributed by atoms with E-state index in [9.17, 15) is 36.2 Å². The Morgan fingerprint density at radius 2 is 1.75 bits per heavy atom. The van der Waals surface area contributed by atoms with Crippen LogP contribution in [0.15, 0.2) is 48.7 Å². The molecule has 1 unspecified atom stereocenters. The Morgan fingerprint density at radius 1 is 1.05 bits per heavy atom. The number of aromatic nitrogens is 1. The average molecular weight is 625 g/mol. The number of carboxylic acid groups (broad SMARTS) is 1. The zero-order chi connectivity index (χ0) is 32.1. The first-order valence-electron chi connectivity index (χ1n) is 14.0. The van der Waals surface area contributed by atoms with Gasteiger partial charge in [0, 0.05) is 30.1 Å². The van der Waals surface area contributed by atoms with Crippen molar-refractivity contribution in [2.75, 3.05) is 26.7 Å². The largest absolute Gasteiger partial charge is 0.497 e. The number of rotatable bonds is 9. The van der Waals surface area contributed by atoms with Crippen molar-refractivity contribution in [1.82, 2.24) is 9.88 Å². The first-order chi connectivity index (χ1) is 20.7. The van der Waals surface area contributed by atoms with Crippen molar-refractivity contribution >= 4 is 16.9 Å². The highest BCUT2D eigenvalue weighted by Gasteiger charge is 2.37. The van der Waals surface area contributed by atoms with Crippen LogP contribution >= 0.6 is 0 Å². The van der Waals surface area contributed by atoms with E-state index in [2.05, 4.69) is 16.8 Å². The zero-order valence-corrected chi connectivity index (χ0v) is 23.8. The van der Waals surface area contributed by atoms with Gasteiger partial charge in [-0.25, -0.2) is 4.39 Å². The average Bonchev–Trinajstić information content (AvgIpc) is 2.97. The number of halogens is 7. The second-order valence-electron chi connectivity index (χ2n) is 10.9. The van der Waals surface area contributed by atoms with Gasteiger partial charge in [0.15, 0.2) is 0 Å². The molecule has 0 radical (unpaired) electrons. The van der Waals surface area contributed by atoms with Gasteiger partial charge in [-0.15, -0.1) is 0 Å². The predicted molar refractivity (Wildman–Crippen MR) is 150 cm³/mol. The van der Waals surface area contributed by atoms with Gasteiger partial charge in [-0.2, -0.15) is 26.3 Å². The van der Waals surface area contributed by atoms with E-state index in [0.717, 1.165) is 0 Å². The SMILES string of the molecule is COc1ccc2nccc(C(F)CC[C@@H]3CCN(CC#Cc4cc(C(F)(F)F)cc(C(F)(F)F)c4)C[C@@H]3CCC(=O)O)c2c1. The molecule has 12 heteroatoms. The minimum Gasteiger partial charge on any atom is -0.497 e. The van der Waals surface area contributed by atoms with Gasteiger partial charge < -0.3 is 9.84 Å². The molecule has 4 rings (SSSR count). The summed E-state index contributed by atoms with van der Waals surface area (Å²) >= 11 is 0. The molecule has 44 heavy (non-hydrogen) atoms. The highest BCUT2D eigenvalue weighted by Crippen LogP contribution is 2.38. The molecule has 3 atom stereocenters. The Balaban J connectivity index is 1.44. The summed E-state index contributed by atoms with van der Waals surface area (Å²) in [6.07, 6.45) is -8.08. The Bertz CT molecular complexity index is 1500. The lowest BCUT2D eigenvalue weighted by Gasteiger charge is -2.38. The number of benzene rings is 2. The van der Waals surface area contributed by atoms with Gasteiger partial charge in [0.2, 0.25) is 0 Å². The number of nitrogens with zero attached hydrogens (tertiary/aromatic N) is 2. The maximum atomic E-state index is 15.6. The van der Waals surface area contributed by atoms with Crippen molar-refractivity contribution in [2.24, 2.45) is 11.8 Å². The molecule has 0 aliphatic carbocycles. The third-order valence-electron chi connectivity index (χ3n) is 7.94. The standard InChI is InChI=1S/C32H31F7N2O3/c1-44-25-6-8-29-27(18-25)26(10-12-40-29)28(33)7-4-21-11-14-41(19-22(21)5-9-30(42)43)13-2-3-20-15-23(31(34,35)36)17-24(16-20)32(37,38)39/h6,8,10,12,15-18,21-22,28H,4-5,7,9,11,13-14,19H2,1H3,(H,42,43)/t21-,22+,28?/m1/s1. The van der Waals surface area contributed by atoms with Crippen LogP contribution < -0.4 is 4.74 Å². The van der Waals surface area contributed by atoms with Gasteiger partial charge in [-0.1, -0.05) is 11.8 Å². The lowest BCUT2D eigenvalue weighted by molar-refractivity contribution is -0.143. The van der Waals surface area contributed by atoms with E-state index >= 15 is 4.39 Å². The highest BCUT2D eigenvalue weighted by molar-refractivity contribution is 5.83. The summed E-state index contributed by atoms with van der Waals surface area (Å²) in [5.74, 6) is 4.64. The summed E-state index contributed by atoms with van der Waals surface area (Å²) in [4.78, 5) is 17.5. The normalized spacial score (nSPS) is 18.5. The molecule has 0 saturated carbocycles. The molecule has 3 aromatic rings. The number of carboxylic acids is 1. The fourth-order valence-corrected chi connectivity index (χ4v) is 5.66. The number of carbonyl (C=O) groups is 1. The van der Waals surface area contributed by atoms with Crippen LogP contribution in [0.5, 0.6) is 5.75 Å². The molecule has 1 saturated heterocycles. The molecule has 236 valence electrons. The van der Waals surface area contributed by atoms with Gasteiger partial charge in [0.25, 0.3) is 0 Å². The molecular weight excluding hydrogens is 593 g/mol. The molecule has 2 heterocycles. The van der Waals surface area contributed by atoms with E-state index in [0.29, 0.717) is 66.7 Å². The molecule has 2 aromatic carbocycles. The number of fused-ring (bicyclic) bond motifs is 1. The summed E-state index contributed by atoms with van der Waals surface area (Å²) in [5, 5.41) is 9.91. The third-order valence-corrected chi connectivity index (χ3v) is 7.94. The van der Waals surface area contributed by atoms with E-state index in [1.165, 1.54) is 7.11 Å². The lowest BCUT2D eigenvalue weighted by Crippen LogP contribution is -2.41. The van der Waals surface area contributed by atoms with Crippen molar-refractivity contribution in [1.29, 1.82) is 0 Å². The second kappa shape index (κ2) is 13.8. The number of alkyl halides is 7. The fourth-order valence-electron chi connectivity index (χ4n) is 5.66. The molecule has 5 nitrogen and oxygen atoms in total. The minimum atomic E-state index is -4.97. The number of aliphatic carboxylic acids is 1. The minimum absolute atomic E-state index is 0.0252. The fraction of sp³-hybridized carbons (Fsp3) is 0.438. The Kier molecular flexibility index (Phi) is 10.4. The molecule has 1 aliphatic heterocycles. The van der Waals surface area contributed by atoms with Crippen LogP contribution in [-0.2, 0) is 17.1 Å². The highest BCUT2D eigenvalue weighted by atomic mass is 19.4. The van der Waals surface area contributed by atoms with Crippen molar-refractivity contribution in [2.45, 2.75) is 50.6 Å². The van der Waals surface area contributed by atoms with E-state index in [4.69, 9.17) is 4.74 Å². The molecule has 0 amide bonds. The summed E-state index contributed by atoms with van der Waals surface area (Å²) < 4.78 is 99.9. The van der Waals surface area contributed by atoms with Gasteiger partial charge in [-0.05, 0) is 92.1 Å². The number of piperidine rings is 1. The number of hydrogen-bond acceptors (Lipinski definition) is 4. The summed E-state index contributed by atoms with van der Waals surface area (Å²) in [5.41, 5.74) is -2.14. The van der Waals surface area contributed by atoms with E-state index < -0.39 is 41.2 Å². The quantitative estimate of drug-likeness (QED) is 0.194. The monoisotopic (exact) mass is 624 g/mol. The zero-order valence-electron chi connectivity index (χ0n) is 23.8. The Hall–Kier alpha value is -3.85. The third kappa shape index (κ3) is 8.62. The molecule has 0 spiro atoms. The van der Waals surface area contributed by atoms with Gasteiger partial charge in [0.1, 0.15) is 11.9 Å². The smallest absolute Gasteiger partial charge is 0.416 e. The van der Waals surface area contributed by atoms with Crippen LogP contribution in [0.3, 0.4) is 0 Å².